The second-order valence-electron chi connectivity index (χ2n) is 15.2. The number of aliphatic carboxylic acids is 1. The van der Waals surface area contributed by atoms with Crippen molar-refractivity contribution in [3.63, 3.8) is 0 Å². The van der Waals surface area contributed by atoms with Gasteiger partial charge in [-0.05, 0) is 103 Å². The Bertz CT molecular complexity index is 922. The number of allylic oxidation sites excluding steroid dienone is 2. The topological polar surface area (TPSA) is 83.5 Å². The van der Waals surface area contributed by atoms with Crippen molar-refractivity contribution in [2.45, 2.75) is 118 Å². The molecule has 1 unspecified atom stereocenters. The molecule has 0 saturated heterocycles. The van der Waals surface area contributed by atoms with E-state index < -0.39 is 17.5 Å². The van der Waals surface area contributed by atoms with E-state index in [2.05, 4.69) is 54.5 Å². The van der Waals surface area contributed by atoms with Gasteiger partial charge >= 0.3 is 5.97 Å². The molecule has 192 valence electrons. The largest absolute Gasteiger partial charge is 0.481 e. The summed E-state index contributed by atoms with van der Waals surface area (Å²) in [4.78, 5) is 12.8. The van der Waals surface area contributed by atoms with Crippen LogP contribution in [0.5, 0.6) is 0 Å². The van der Waals surface area contributed by atoms with Crippen molar-refractivity contribution >= 4 is 5.97 Å². The average molecular weight is 472 g/mol. The number of nitrogens with two attached hydrogens (primary N) is 1. The maximum absolute atomic E-state index is 12.8. The van der Waals surface area contributed by atoms with Crippen molar-refractivity contribution in [2.24, 2.45) is 56.0 Å². The predicted molar refractivity (Wildman–Crippen MR) is 136 cm³/mol. The van der Waals surface area contributed by atoms with E-state index in [9.17, 15) is 15.0 Å². The lowest BCUT2D eigenvalue weighted by Crippen LogP contribution is -2.67. The molecule has 4 nitrogen and oxygen atoms in total. The van der Waals surface area contributed by atoms with Crippen LogP contribution in [-0.4, -0.2) is 28.3 Å². The third kappa shape index (κ3) is 2.82. The summed E-state index contributed by atoms with van der Waals surface area (Å²) in [6.45, 7) is 16.8. The van der Waals surface area contributed by atoms with Gasteiger partial charge in [0.25, 0.3) is 0 Å². The minimum Gasteiger partial charge on any atom is -0.481 e. The molecule has 4 saturated carbocycles. The highest BCUT2D eigenvalue weighted by Gasteiger charge is 2.71. The third-order valence-electron chi connectivity index (χ3n) is 13.2. The van der Waals surface area contributed by atoms with E-state index in [1.807, 2.05) is 0 Å². The monoisotopic (exact) mass is 471 g/mol. The van der Waals surface area contributed by atoms with Crippen LogP contribution < -0.4 is 5.73 Å². The van der Waals surface area contributed by atoms with E-state index in [0.717, 1.165) is 32.1 Å². The van der Waals surface area contributed by atoms with Gasteiger partial charge in [-0.25, -0.2) is 0 Å². The van der Waals surface area contributed by atoms with Crippen LogP contribution in [-0.2, 0) is 4.79 Å². The van der Waals surface area contributed by atoms with Crippen LogP contribution in [0.2, 0.25) is 0 Å². The number of carboxylic acids is 1. The van der Waals surface area contributed by atoms with E-state index in [1.54, 1.807) is 0 Å². The molecule has 0 radical (unpaired) electrons. The van der Waals surface area contributed by atoms with Gasteiger partial charge in [0.05, 0.1) is 6.10 Å². The Morgan fingerprint density at radius 1 is 0.941 bits per heavy atom. The minimum atomic E-state index is -1.02. The summed E-state index contributed by atoms with van der Waals surface area (Å²) < 4.78 is 0. The van der Waals surface area contributed by atoms with E-state index in [-0.39, 0.29) is 39.0 Å². The molecule has 0 aromatic heterocycles. The Morgan fingerprint density at radius 2 is 1.62 bits per heavy atom. The Labute approximate surface area is 207 Å². The van der Waals surface area contributed by atoms with Crippen molar-refractivity contribution in [2.75, 3.05) is 0 Å². The van der Waals surface area contributed by atoms with Crippen LogP contribution in [0.4, 0.5) is 0 Å². The molecule has 0 amide bonds. The van der Waals surface area contributed by atoms with Crippen LogP contribution in [0.1, 0.15) is 106 Å². The van der Waals surface area contributed by atoms with Gasteiger partial charge in [-0.2, -0.15) is 0 Å². The maximum atomic E-state index is 12.8. The molecule has 34 heavy (non-hydrogen) atoms. The molecule has 5 aliphatic carbocycles. The Morgan fingerprint density at radius 3 is 2.26 bits per heavy atom. The highest BCUT2D eigenvalue weighted by molar-refractivity contribution is 5.77. The number of aliphatic hydroxyl groups is 1. The molecule has 0 spiro atoms. The van der Waals surface area contributed by atoms with Crippen LogP contribution in [0, 0.1) is 50.2 Å². The molecule has 9 atom stereocenters. The maximum Gasteiger partial charge on any atom is 0.312 e. The Balaban J connectivity index is 1.63. The van der Waals surface area contributed by atoms with Crippen molar-refractivity contribution in [3.8, 4) is 0 Å². The molecule has 5 aliphatic rings. The fraction of sp³-hybridized carbons (Fsp3) is 0.900. The van der Waals surface area contributed by atoms with E-state index in [4.69, 9.17) is 5.73 Å². The van der Waals surface area contributed by atoms with Crippen LogP contribution in [0.15, 0.2) is 11.6 Å². The first-order chi connectivity index (χ1) is 15.6. The second kappa shape index (κ2) is 7.12. The van der Waals surface area contributed by atoms with Crippen LogP contribution in [0.3, 0.4) is 0 Å². The van der Waals surface area contributed by atoms with Crippen LogP contribution in [0.25, 0.3) is 0 Å². The molecule has 4 fully saturated rings. The first kappa shape index (κ1) is 24.8. The number of hydrogen-bond acceptors (Lipinski definition) is 3. The molecule has 4 N–H and O–H groups in total. The Kier molecular flexibility index (Phi) is 5.20. The SMILES string of the molecule is CC1(C)CC[C@]2(C(=O)O)[C@H](O)C[C@]3(C)C(=CC[C@@H]4[C@@]5(C)CCC(N)C(C)(C)[C@@H]5CC[C@]43C)[C@@H]2C1. The van der Waals surface area contributed by atoms with Gasteiger partial charge in [-0.3, -0.25) is 4.79 Å². The van der Waals surface area contributed by atoms with Gasteiger partial charge in [0, 0.05) is 6.04 Å². The zero-order chi connectivity index (χ0) is 25.1. The van der Waals surface area contributed by atoms with E-state index >= 15 is 0 Å². The van der Waals surface area contributed by atoms with Crippen molar-refractivity contribution in [3.05, 3.63) is 11.6 Å². The lowest BCUT2D eigenvalue weighted by atomic mass is 9.33. The molecule has 5 rings (SSSR count). The first-order valence-electron chi connectivity index (χ1n) is 13.9. The summed E-state index contributed by atoms with van der Waals surface area (Å²) in [5.74, 6) is 0.303. The van der Waals surface area contributed by atoms with E-state index in [0.29, 0.717) is 24.7 Å². The number of aliphatic hydroxyl groups excluding tert-OH is 1. The molecular weight excluding hydrogens is 422 g/mol. The number of fused-ring (bicyclic) bond motifs is 7. The predicted octanol–water partition coefficient (Wildman–Crippen LogP) is 6.17. The van der Waals surface area contributed by atoms with Gasteiger partial charge in [0.15, 0.2) is 0 Å². The molecule has 0 aliphatic heterocycles. The number of rotatable bonds is 1. The summed E-state index contributed by atoms with van der Waals surface area (Å²) in [5, 5.41) is 22.2. The summed E-state index contributed by atoms with van der Waals surface area (Å²) >= 11 is 0. The lowest BCUT2D eigenvalue weighted by Gasteiger charge is -2.71. The summed E-state index contributed by atoms with van der Waals surface area (Å²) in [6, 6.07) is 0.261. The minimum absolute atomic E-state index is 0.0626. The van der Waals surface area contributed by atoms with Gasteiger partial charge < -0.3 is 15.9 Å². The summed E-state index contributed by atoms with van der Waals surface area (Å²) in [5.41, 5.74) is 7.40. The van der Waals surface area contributed by atoms with Crippen molar-refractivity contribution in [1.29, 1.82) is 0 Å². The van der Waals surface area contributed by atoms with Crippen molar-refractivity contribution in [1.82, 2.24) is 0 Å². The van der Waals surface area contributed by atoms with Crippen molar-refractivity contribution < 1.29 is 15.0 Å². The molecule has 0 bridgehead atoms. The molecule has 0 aromatic carbocycles. The lowest BCUT2D eigenvalue weighted by molar-refractivity contribution is -0.209. The summed E-state index contributed by atoms with van der Waals surface area (Å²) in [7, 11) is 0. The molecule has 0 heterocycles. The van der Waals surface area contributed by atoms with Crippen LogP contribution >= 0.6 is 0 Å². The number of carbonyl (C=O) groups is 1. The highest BCUT2D eigenvalue weighted by Crippen LogP contribution is 2.75. The fourth-order valence-corrected chi connectivity index (χ4v) is 10.8. The molecule has 0 aromatic rings. The fourth-order valence-electron chi connectivity index (χ4n) is 10.8. The Hall–Kier alpha value is -0.870. The average Bonchev–Trinajstić information content (AvgIpc) is 2.71. The van der Waals surface area contributed by atoms with Gasteiger partial charge in [0.1, 0.15) is 5.41 Å². The third-order valence-corrected chi connectivity index (χ3v) is 13.2. The number of carboxylic acid groups (broad SMARTS) is 1. The molecular formula is C30H49NO3. The first-order valence-corrected chi connectivity index (χ1v) is 13.9. The zero-order valence-electron chi connectivity index (χ0n) is 22.7. The summed E-state index contributed by atoms with van der Waals surface area (Å²) in [6.07, 6.45) is 10.2. The van der Waals surface area contributed by atoms with Gasteiger partial charge in [0.2, 0.25) is 0 Å². The highest BCUT2D eigenvalue weighted by atomic mass is 16.4. The van der Waals surface area contributed by atoms with E-state index in [1.165, 1.54) is 18.4 Å². The zero-order valence-corrected chi connectivity index (χ0v) is 22.7. The van der Waals surface area contributed by atoms with Gasteiger partial charge in [-0.15, -0.1) is 0 Å². The molecule has 4 heteroatoms. The standard InChI is InChI=1S/C30H49NO3/c1-25(2)14-15-30(24(33)34)19(16-25)18-8-9-21-27(5)12-11-22(31)26(3,4)20(27)10-13-28(21,6)29(18,7)17-23(30)32/h8,19-23,32H,9-17,31H2,1-7H3,(H,33,34)/t19-,20-,21+,22?,23+,27-,28+,29+,30+/m0/s1. The quantitative estimate of drug-likeness (QED) is 0.399. The number of hydrogen-bond donors (Lipinski definition) is 3. The smallest absolute Gasteiger partial charge is 0.312 e. The second-order valence-corrected chi connectivity index (χ2v) is 15.2. The normalized spacial score (nSPS) is 53.4. The van der Waals surface area contributed by atoms with Gasteiger partial charge in [-0.1, -0.05) is 60.1 Å².